The van der Waals surface area contributed by atoms with E-state index in [1.54, 1.807) is 19.1 Å². The monoisotopic (exact) mass is 288 g/mol. The summed E-state index contributed by atoms with van der Waals surface area (Å²) in [6.45, 7) is 1.69. The SMILES string of the molecule is Cc1cc(S(=O)(=O)c2ccc3c(c2)CCC3)ccc1O. The summed E-state index contributed by atoms with van der Waals surface area (Å²) in [5.74, 6) is 0.109. The molecule has 0 aliphatic heterocycles. The number of benzene rings is 2. The van der Waals surface area contributed by atoms with Gasteiger partial charge in [-0.25, -0.2) is 8.42 Å². The van der Waals surface area contributed by atoms with Crippen molar-refractivity contribution in [3.63, 3.8) is 0 Å². The predicted molar refractivity (Wildman–Crippen MR) is 76.8 cm³/mol. The predicted octanol–water partition coefficient (Wildman–Crippen LogP) is 3.02. The van der Waals surface area contributed by atoms with Crippen LogP contribution < -0.4 is 0 Å². The number of fused-ring (bicyclic) bond motifs is 1. The normalized spacial score (nSPS) is 14.2. The van der Waals surface area contributed by atoms with E-state index < -0.39 is 9.84 Å². The van der Waals surface area contributed by atoms with Crippen LogP contribution in [0.5, 0.6) is 5.75 Å². The first kappa shape index (κ1) is 13.2. The Morgan fingerprint density at radius 1 is 0.950 bits per heavy atom. The molecule has 0 saturated heterocycles. The molecular weight excluding hydrogens is 272 g/mol. The summed E-state index contributed by atoms with van der Waals surface area (Å²) in [5, 5.41) is 9.51. The average Bonchev–Trinajstić information content (AvgIpc) is 2.89. The quantitative estimate of drug-likeness (QED) is 0.924. The zero-order chi connectivity index (χ0) is 14.3. The Morgan fingerprint density at radius 3 is 2.35 bits per heavy atom. The van der Waals surface area contributed by atoms with Crippen LogP contribution in [0.1, 0.15) is 23.1 Å². The van der Waals surface area contributed by atoms with Crippen molar-refractivity contribution in [1.29, 1.82) is 0 Å². The van der Waals surface area contributed by atoms with E-state index in [0.717, 1.165) is 24.8 Å². The summed E-state index contributed by atoms with van der Waals surface area (Å²) in [4.78, 5) is 0.564. The topological polar surface area (TPSA) is 54.4 Å². The Bertz CT molecular complexity index is 776. The van der Waals surface area contributed by atoms with Crippen LogP contribution in [0, 0.1) is 6.92 Å². The molecule has 2 aromatic carbocycles. The van der Waals surface area contributed by atoms with Crippen LogP contribution in [0.3, 0.4) is 0 Å². The lowest BCUT2D eigenvalue weighted by atomic mass is 10.1. The number of aryl methyl sites for hydroxylation is 3. The molecule has 104 valence electrons. The van der Waals surface area contributed by atoms with Crippen LogP contribution in [0.4, 0.5) is 0 Å². The van der Waals surface area contributed by atoms with Gasteiger partial charge in [-0.3, -0.25) is 0 Å². The third-order valence-corrected chi connectivity index (χ3v) is 5.61. The van der Waals surface area contributed by atoms with Crippen molar-refractivity contribution >= 4 is 9.84 Å². The van der Waals surface area contributed by atoms with Gasteiger partial charge in [-0.15, -0.1) is 0 Å². The van der Waals surface area contributed by atoms with Gasteiger partial charge in [0.15, 0.2) is 0 Å². The molecule has 0 unspecified atom stereocenters. The minimum absolute atomic E-state index is 0.109. The van der Waals surface area contributed by atoms with Crippen LogP contribution in [-0.2, 0) is 22.7 Å². The van der Waals surface area contributed by atoms with Gasteiger partial charge in [0.2, 0.25) is 9.84 Å². The molecule has 0 fully saturated rings. The number of aromatic hydroxyl groups is 1. The van der Waals surface area contributed by atoms with Gasteiger partial charge in [-0.1, -0.05) is 6.07 Å². The zero-order valence-electron chi connectivity index (χ0n) is 11.3. The molecule has 2 aromatic rings. The lowest BCUT2D eigenvalue weighted by molar-refractivity contribution is 0.470. The lowest BCUT2D eigenvalue weighted by Crippen LogP contribution is -2.03. The molecule has 0 bridgehead atoms. The van der Waals surface area contributed by atoms with Gasteiger partial charge in [0.25, 0.3) is 0 Å². The molecular formula is C16H16O3S. The molecule has 3 rings (SSSR count). The standard InChI is InChI=1S/C16H16O3S/c1-11-9-14(7-8-16(11)17)20(18,19)15-6-5-12-3-2-4-13(12)10-15/h5-10,17H,2-4H2,1H3. The van der Waals surface area contributed by atoms with E-state index in [1.807, 2.05) is 6.07 Å². The van der Waals surface area contributed by atoms with Crippen LogP contribution in [0.2, 0.25) is 0 Å². The highest BCUT2D eigenvalue weighted by Crippen LogP contribution is 2.29. The van der Waals surface area contributed by atoms with Crippen molar-refractivity contribution in [1.82, 2.24) is 0 Å². The third-order valence-electron chi connectivity index (χ3n) is 3.86. The second-order valence-electron chi connectivity index (χ2n) is 5.24. The fourth-order valence-electron chi connectivity index (χ4n) is 2.65. The molecule has 4 heteroatoms. The minimum Gasteiger partial charge on any atom is -0.508 e. The van der Waals surface area contributed by atoms with Crippen LogP contribution in [0.15, 0.2) is 46.2 Å². The Hall–Kier alpha value is -1.81. The van der Waals surface area contributed by atoms with Gasteiger partial charge < -0.3 is 5.11 Å². The van der Waals surface area contributed by atoms with E-state index in [2.05, 4.69) is 0 Å². The van der Waals surface area contributed by atoms with Crippen LogP contribution in [-0.4, -0.2) is 13.5 Å². The summed E-state index contributed by atoms with van der Waals surface area (Å²) < 4.78 is 25.2. The smallest absolute Gasteiger partial charge is 0.206 e. The Kier molecular flexibility index (Phi) is 3.05. The van der Waals surface area contributed by atoms with Gasteiger partial charge in [-0.2, -0.15) is 0 Å². The molecule has 0 aromatic heterocycles. The molecule has 3 nitrogen and oxygen atoms in total. The van der Waals surface area contributed by atoms with E-state index in [1.165, 1.54) is 23.8 Å². The first-order valence-corrected chi connectivity index (χ1v) is 8.13. The number of sulfone groups is 1. The first-order chi connectivity index (χ1) is 9.48. The van der Waals surface area contributed by atoms with E-state index in [0.29, 0.717) is 10.5 Å². The van der Waals surface area contributed by atoms with Gasteiger partial charge in [0, 0.05) is 0 Å². The summed E-state index contributed by atoms with van der Waals surface area (Å²) in [6, 6.07) is 9.78. The molecule has 20 heavy (non-hydrogen) atoms. The van der Waals surface area contributed by atoms with Crippen molar-refractivity contribution in [3.05, 3.63) is 53.1 Å². The molecule has 1 aliphatic carbocycles. The Balaban J connectivity index is 2.09. The third kappa shape index (κ3) is 2.10. The molecule has 0 spiro atoms. The zero-order valence-corrected chi connectivity index (χ0v) is 12.1. The molecule has 0 atom stereocenters. The van der Waals surface area contributed by atoms with Gasteiger partial charge in [0.1, 0.15) is 5.75 Å². The van der Waals surface area contributed by atoms with Gasteiger partial charge in [0.05, 0.1) is 9.79 Å². The van der Waals surface area contributed by atoms with Gasteiger partial charge >= 0.3 is 0 Å². The highest BCUT2D eigenvalue weighted by atomic mass is 32.2. The van der Waals surface area contributed by atoms with E-state index >= 15 is 0 Å². The molecule has 1 N–H and O–H groups in total. The van der Waals surface area contributed by atoms with Crippen molar-refractivity contribution in [2.24, 2.45) is 0 Å². The minimum atomic E-state index is -3.51. The van der Waals surface area contributed by atoms with E-state index in [9.17, 15) is 13.5 Å². The average molecular weight is 288 g/mol. The van der Waals surface area contributed by atoms with E-state index in [-0.39, 0.29) is 10.6 Å². The maximum atomic E-state index is 12.6. The fourth-order valence-corrected chi connectivity index (χ4v) is 4.04. The van der Waals surface area contributed by atoms with Crippen molar-refractivity contribution < 1.29 is 13.5 Å². The maximum absolute atomic E-state index is 12.6. The maximum Gasteiger partial charge on any atom is 0.206 e. The molecule has 0 amide bonds. The summed E-state index contributed by atoms with van der Waals surface area (Å²) in [6.07, 6.45) is 3.08. The number of phenolic OH excluding ortho intramolecular Hbond substituents is 1. The number of hydrogen-bond donors (Lipinski definition) is 1. The summed E-state index contributed by atoms with van der Waals surface area (Å²) in [5.41, 5.74) is 2.96. The number of phenols is 1. The highest BCUT2D eigenvalue weighted by Gasteiger charge is 2.21. The van der Waals surface area contributed by atoms with Gasteiger partial charge in [-0.05, 0) is 73.2 Å². The van der Waals surface area contributed by atoms with E-state index in [4.69, 9.17) is 0 Å². The van der Waals surface area contributed by atoms with Crippen molar-refractivity contribution in [3.8, 4) is 5.75 Å². The molecule has 0 heterocycles. The fraction of sp³-hybridized carbons (Fsp3) is 0.250. The van der Waals surface area contributed by atoms with Crippen LogP contribution in [0.25, 0.3) is 0 Å². The van der Waals surface area contributed by atoms with Crippen molar-refractivity contribution in [2.75, 3.05) is 0 Å². The lowest BCUT2D eigenvalue weighted by Gasteiger charge is -2.08. The summed E-state index contributed by atoms with van der Waals surface area (Å²) >= 11 is 0. The largest absolute Gasteiger partial charge is 0.508 e. The number of hydrogen-bond acceptors (Lipinski definition) is 3. The molecule has 0 saturated carbocycles. The highest BCUT2D eigenvalue weighted by molar-refractivity contribution is 7.91. The number of rotatable bonds is 2. The second kappa shape index (κ2) is 4.63. The molecule has 1 aliphatic rings. The first-order valence-electron chi connectivity index (χ1n) is 6.65. The summed E-state index contributed by atoms with van der Waals surface area (Å²) in [7, 11) is -3.51. The van der Waals surface area contributed by atoms with Crippen LogP contribution >= 0.6 is 0 Å². The molecule has 0 radical (unpaired) electrons. The Morgan fingerprint density at radius 2 is 1.60 bits per heavy atom. The Labute approximate surface area is 118 Å². The van der Waals surface area contributed by atoms with Crippen molar-refractivity contribution in [2.45, 2.75) is 36.0 Å². The second-order valence-corrected chi connectivity index (χ2v) is 7.19.